The smallest absolute Gasteiger partial charge is 0.243 e. The number of para-hydroxylation sites is 1. The minimum atomic E-state index is -0.0970. The molecule has 15 heavy (non-hydrogen) atoms. The highest BCUT2D eigenvalue weighted by Gasteiger charge is 1.99. The first-order valence-corrected chi connectivity index (χ1v) is 4.77. The summed E-state index contributed by atoms with van der Waals surface area (Å²) in [5, 5.41) is 3.66. The largest absolute Gasteiger partial charge is 0.361 e. The van der Waals surface area contributed by atoms with E-state index in [0.29, 0.717) is 0 Å². The zero-order valence-corrected chi connectivity index (χ0v) is 8.45. The molecule has 0 saturated heterocycles. The number of aromatic amines is 1. The van der Waals surface area contributed by atoms with Gasteiger partial charge in [0.25, 0.3) is 0 Å². The van der Waals surface area contributed by atoms with Gasteiger partial charge in [0.15, 0.2) is 0 Å². The molecule has 1 aromatic heterocycles. The van der Waals surface area contributed by atoms with Gasteiger partial charge in [-0.05, 0) is 17.7 Å². The Kier molecular flexibility index (Phi) is 2.54. The third-order valence-electron chi connectivity index (χ3n) is 2.28. The van der Waals surface area contributed by atoms with Crippen molar-refractivity contribution >= 4 is 22.9 Å². The minimum absolute atomic E-state index is 0.0970. The highest BCUT2D eigenvalue weighted by atomic mass is 16.1. The molecule has 0 unspecified atom stereocenters. The second-order valence-electron chi connectivity index (χ2n) is 3.24. The molecule has 0 spiro atoms. The van der Waals surface area contributed by atoms with Gasteiger partial charge < -0.3 is 10.3 Å². The molecule has 0 radical (unpaired) electrons. The lowest BCUT2D eigenvalue weighted by Gasteiger charge is -1.91. The van der Waals surface area contributed by atoms with E-state index >= 15 is 0 Å². The molecule has 0 bridgehead atoms. The Morgan fingerprint density at radius 3 is 3.00 bits per heavy atom. The Balaban J connectivity index is 2.36. The summed E-state index contributed by atoms with van der Waals surface area (Å²) in [7, 11) is 1.61. The van der Waals surface area contributed by atoms with Crippen LogP contribution in [0.25, 0.3) is 17.0 Å². The molecule has 0 aliphatic heterocycles. The number of carbonyl (C=O) groups is 1. The first-order valence-electron chi connectivity index (χ1n) is 4.77. The highest BCUT2D eigenvalue weighted by Crippen LogP contribution is 2.18. The SMILES string of the molecule is CNC(=O)/C=C/c1c[nH]c2ccccc12. The van der Waals surface area contributed by atoms with E-state index in [9.17, 15) is 4.79 Å². The molecular weight excluding hydrogens is 188 g/mol. The van der Waals surface area contributed by atoms with Gasteiger partial charge in [-0.15, -0.1) is 0 Å². The fourth-order valence-corrected chi connectivity index (χ4v) is 1.48. The van der Waals surface area contributed by atoms with Gasteiger partial charge in [0.05, 0.1) is 0 Å². The summed E-state index contributed by atoms with van der Waals surface area (Å²) in [5.41, 5.74) is 2.10. The van der Waals surface area contributed by atoms with E-state index in [1.165, 1.54) is 6.08 Å². The summed E-state index contributed by atoms with van der Waals surface area (Å²) >= 11 is 0. The van der Waals surface area contributed by atoms with Crippen molar-refractivity contribution in [2.45, 2.75) is 0 Å². The quantitative estimate of drug-likeness (QED) is 0.715. The number of nitrogens with one attached hydrogen (secondary N) is 2. The Hall–Kier alpha value is -2.03. The van der Waals surface area contributed by atoms with Crippen molar-refractivity contribution in [2.75, 3.05) is 7.05 Å². The lowest BCUT2D eigenvalue weighted by atomic mass is 10.1. The van der Waals surface area contributed by atoms with E-state index in [1.807, 2.05) is 30.5 Å². The summed E-state index contributed by atoms with van der Waals surface area (Å²) < 4.78 is 0. The summed E-state index contributed by atoms with van der Waals surface area (Å²) in [6.07, 6.45) is 5.22. The predicted molar refractivity (Wildman–Crippen MR) is 61.4 cm³/mol. The topological polar surface area (TPSA) is 44.9 Å². The van der Waals surface area contributed by atoms with Gasteiger partial charge in [0, 0.05) is 30.2 Å². The first-order chi connectivity index (χ1) is 7.31. The van der Waals surface area contributed by atoms with Crippen LogP contribution >= 0.6 is 0 Å². The molecule has 3 heteroatoms. The molecule has 1 aromatic carbocycles. The van der Waals surface area contributed by atoms with Crippen molar-refractivity contribution in [1.82, 2.24) is 10.3 Å². The van der Waals surface area contributed by atoms with Crippen molar-refractivity contribution < 1.29 is 4.79 Å². The van der Waals surface area contributed by atoms with Crippen molar-refractivity contribution in [3.8, 4) is 0 Å². The maximum atomic E-state index is 11.0. The summed E-state index contributed by atoms with van der Waals surface area (Å²) in [6, 6.07) is 7.99. The van der Waals surface area contributed by atoms with Crippen LogP contribution in [-0.2, 0) is 4.79 Å². The van der Waals surface area contributed by atoms with E-state index in [2.05, 4.69) is 10.3 Å². The van der Waals surface area contributed by atoms with Gasteiger partial charge >= 0.3 is 0 Å². The number of H-pyrrole nitrogens is 1. The zero-order chi connectivity index (χ0) is 10.7. The van der Waals surface area contributed by atoms with Crippen LogP contribution in [0.5, 0.6) is 0 Å². The number of fused-ring (bicyclic) bond motifs is 1. The van der Waals surface area contributed by atoms with E-state index in [0.717, 1.165) is 16.5 Å². The average molecular weight is 200 g/mol. The zero-order valence-electron chi connectivity index (χ0n) is 8.45. The average Bonchev–Trinajstić information content (AvgIpc) is 2.69. The third-order valence-corrected chi connectivity index (χ3v) is 2.28. The third kappa shape index (κ3) is 1.91. The van der Waals surface area contributed by atoms with E-state index in [1.54, 1.807) is 13.1 Å². The van der Waals surface area contributed by atoms with Gasteiger partial charge in [-0.25, -0.2) is 0 Å². The highest BCUT2D eigenvalue weighted by molar-refractivity contribution is 5.95. The van der Waals surface area contributed by atoms with Crippen LogP contribution in [0.2, 0.25) is 0 Å². The number of hydrogen-bond acceptors (Lipinski definition) is 1. The van der Waals surface area contributed by atoms with Crippen molar-refractivity contribution in [3.05, 3.63) is 42.1 Å². The van der Waals surface area contributed by atoms with Crippen LogP contribution in [0.1, 0.15) is 5.56 Å². The molecule has 2 aromatic rings. The summed E-state index contributed by atoms with van der Waals surface area (Å²) in [6.45, 7) is 0. The fraction of sp³-hybridized carbons (Fsp3) is 0.0833. The molecule has 0 aliphatic rings. The molecular formula is C12H12N2O. The number of aromatic nitrogens is 1. The molecule has 0 aliphatic carbocycles. The molecule has 0 saturated carbocycles. The number of carbonyl (C=O) groups excluding carboxylic acids is 1. The van der Waals surface area contributed by atoms with Gasteiger partial charge in [0.1, 0.15) is 0 Å². The molecule has 0 fully saturated rings. The molecule has 76 valence electrons. The second kappa shape index (κ2) is 4.00. The van der Waals surface area contributed by atoms with Crippen LogP contribution in [0.4, 0.5) is 0 Å². The molecule has 1 amide bonds. The van der Waals surface area contributed by atoms with Gasteiger partial charge in [-0.3, -0.25) is 4.79 Å². The minimum Gasteiger partial charge on any atom is -0.361 e. The van der Waals surface area contributed by atoms with Crippen molar-refractivity contribution in [1.29, 1.82) is 0 Å². The van der Waals surface area contributed by atoms with Crippen LogP contribution in [-0.4, -0.2) is 17.9 Å². The lowest BCUT2D eigenvalue weighted by Crippen LogP contribution is -2.13. The second-order valence-corrected chi connectivity index (χ2v) is 3.24. The van der Waals surface area contributed by atoms with E-state index < -0.39 is 0 Å². The number of benzene rings is 1. The van der Waals surface area contributed by atoms with E-state index in [-0.39, 0.29) is 5.91 Å². The fourth-order valence-electron chi connectivity index (χ4n) is 1.48. The van der Waals surface area contributed by atoms with Crippen molar-refractivity contribution in [3.63, 3.8) is 0 Å². The maximum Gasteiger partial charge on any atom is 0.243 e. The number of likely N-dealkylation sites (N-methyl/N-ethyl adjacent to an activating group) is 1. The maximum absolute atomic E-state index is 11.0. The van der Waals surface area contributed by atoms with E-state index in [4.69, 9.17) is 0 Å². The van der Waals surface area contributed by atoms with Crippen LogP contribution in [0.15, 0.2) is 36.5 Å². The number of hydrogen-bond donors (Lipinski definition) is 2. The first kappa shape index (κ1) is 9.52. The molecule has 2 rings (SSSR count). The predicted octanol–water partition coefficient (Wildman–Crippen LogP) is 1.93. The molecule has 3 nitrogen and oxygen atoms in total. The lowest BCUT2D eigenvalue weighted by molar-refractivity contribution is -0.115. The number of amides is 1. The normalized spacial score (nSPS) is 11.0. The van der Waals surface area contributed by atoms with Crippen LogP contribution < -0.4 is 5.32 Å². The monoisotopic (exact) mass is 200 g/mol. The number of rotatable bonds is 2. The van der Waals surface area contributed by atoms with Crippen molar-refractivity contribution in [2.24, 2.45) is 0 Å². The van der Waals surface area contributed by atoms with Crippen LogP contribution in [0.3, 0.4) is 0 Å². The molecule has 1 heterocycles. The summed E-state index contributed by atoms with van der Waals surface area (Å²) in [5.74, 6) is -0.0970. The Morgan fingerprint density at radius 2 is 2.20 bits per heavy atom. The summed E-state index contributed by atoms with van der Waals surface area (Å²) in [4.78, 5) is 14.2. The standard InChI is InChI=1S/C12H12N2O/c1-13-12(15)7-6-9-8-14-11-5-3-2-4-10(9)11/h2-8,14H,1H3,(H,13,15)/b7-6+. The van der Waals surface area contributed by atoms with Gasteiger partial charge in [-0.2, -0.15) is 0 Å². The molecule has 2 N–H and O–H groups in total. The van der Waals surface area contributed by atoms with Gasteiger partial charge in [-0.1, -0.05) is 18.2 Å². The molecule has 0 atom stereocenters. The Labute approximate surface area is 87.8 Å². The van der Waals surface area contributed by atoms with Gasteiger partial charge in [0.2, 0.25) is 5.91 Å². The Morgan fingerprint density at radius 1 is 1.40 bits per heavy atom. The Bertz CT molecular complexity index is 511. The van der Waals surface area contributed by atoms with Crippen LogP contribution in [0, 0.1) is 0 Å².